The summed E-state index contributed by atoms with van der Waals surface area (Å²) < 4.78 is 0.872. The van der Waals surface area contributed by atoms with Crippen LogP contribution in [0.3, 0.4) is 0 Å². The van der Waals surface area contributed by atoms with Crippen LogP contribution in [0.15, 0.2) is 35.2 Å². The van der Waals surface area contributed by atoms with Crippen LogP contribution in [0, 0.1) is 0 Å². The molecule has 1 aromatic heterocycles. The van der Waals surface area contributed by atoms with Crippen LogP contribution in [0.2, 0.25) is 0 Å². The van der Waals surface area contributed by atoms with Crippen molar-refractivity contribution < 1.29 is 0 Å². The van der Waals surface area contributed by atoms with Crippen molar-refractivity contribution in [3.05, 3.63) is 41.0 Å². The van der Waals surface area contributed by atoms with Crippen LogP contribution in [-0.2, 0) is 0 Å². The maximum atomic E-state index is 4.25. The van der Waals surface area contributed by atoms with Gasteiger partial charge in [0.05, 0.1) is 10.2 Å². The van der Waals surface area contributed by atoms with Crippen molar-refractivity contribution >= 4 is 21.6 Å². The molecule has 0 saturated heterocycles. The lowest BCUT2D eigenvalue weighted by molar-refractivity contribution is 0.563. The van der Waals surface area contributed by atoms with Crippen LogP contribution >= 0.6 is 15.9 Å². The zero-order chi connectivity index (χ0) is 12.8. The van der Waals surface area contributed by atoms with E-state index in [1.54, 1.807) is 12.4 Å². The molecule has 0 fully saturated rings. The van der Waals surface area contributed by atoms with Gasteiger partial charge in [-0.1, -0.05) is 26.5 Å². The predicted molar refractivity (Wildman–Crippen MR) is 75.2 cm³/mol. The Morgan fingerprint density at radius 1 is 1.41 bits per heavy atom. The smallest absolute Gasteiger partial charge is 0.175 e. The second kappa shape index (κ2) is 6.55. The average molecular weight is 296 g/mol. The maximum Gasteiger partial charge on any atom is 0.175 e. The van der Waals surface area contributed by atoms with E-state index in [2.05, 4.69) is 52.4 Å². The first-order valence-electron chi connectivity index (χ1n) is 5.69. The summed E-state index contributed by atoms with van der Waals surface area (Å²) in [5.41, 5.74) is 2.06. The molecule has 1 heterocycles. The second-order valence-electron chi connectivity index (χ2n) is 3.69. The molecule has 0 amide bonds. The van der Waals surface area contributed by atoms with E-state index >= 15 is 0 Å². The minimum Gasteiger partial charge on any atom is -0.346 e. The number of hydrogen-bond donors (Lipinski definition) is 0. The molecule has 0 bridgehead atoms. The van der Waals surface area contributed by atoms with Crippen LogP contribution in [0.25, 0.3) is 5.70 Å². The van der Waals surface area contributed by atoms with Gasteiger partial charge in [-0.2, -0.15) is 0 Å². The van der Waals surface area contributed by atoms with Crippen LogP contribution in [-0.4, -0.2) is 21.9 Å². The van der Waals surface area contributed by atoms with Crippen molar-refractivity contribution in [2.24, 2.45) is 0 Å². The normalized spacial score (nSPS) is 11.4. The lowest BCUT2D eigenvalue weighted by Crippen LogP contribution is -2.16. The first kappa shape index (κ1) is 13.9. The third kappa shape index (κ3) is 3.66. The number of halogens is 1. The van der Waals surface area contributed by atoms with E-state index in [4.69, 9.17) is 0 Å². The maximum absolute atomic E-state index is 4.25. The largest absolute Gasteiger partial charge is 0.346 e. The fourth-order valence-electron chi connectivity index (χ4n) is 1.54. The highest BCUT2D eigenvalue weighted by Crippen LogP contribution is 2.19. The lowest BCUT2D eigenvalue weighted by Gasteiger charge is -2.23. The Morgan fingerprint density at radius 3 is 2.47 bits per heavy atom. The fraction of sp³-hybridized carbons (Fsp3) is 0.385. The van der Waals surface area contributed by atoms with Crippen molar-refractivity contribution in [3.8, 4) is 0 Å². The first-order chi connectivity index (χ1) is 8.10. The molecular weight excluding hydrogens is 278 g/mol. The molecule has 17 heavy (non-hydrogen) atoms. The molecule has 92 valence electrons. The van der Waals surface area contributed by atoms with E-state index in [9.17, 15) is 0 Å². The van der Waals surface area contributed by atoms with E-state index in [-0.39, 0.29) is 0 Å². The van der Waals surface area contributed by atoms with Gasteiger partial charge in [-0.25, -0.2) is 9.97 Å². The van der Waals surface area contributed by atoms with Gasteiger partial charge in [-0.3, -0.25) is 0 Å². The second-order valence-corrected chi connectivity index (χ2v) is 4.60. The van der Waals surface area contributed by atoms with Gasteiger partial charge in [0.2, 0.25) is 0 Å². The summed E-state index contributed by atoms with van der Waals surface area (Å²) in [6.45, 7) is 8.31. The Labute approximate surface area is 111 Å². The van der Waals surface area contributed by atoms with Crippen LogP contribution in [0.1, 0.15) is 32.5 Å². The molecule has 4 heteroatoms. The average Bonchev–Trinajstić information content (AvgIpc) is 2.35. The van der Waals surface area contributed by atoms with Gasteiger partial charge in [0.15, 0.2) is 5.82 Å². The highest BCUT2D eigenvalue weighted by atomic mass is 79.9. The Bertz CT molecular complexity index is 409. The molecule has 0 aliphatic carbocycles. The SMILES string of the molecule is C=C(c1ncc(Br)cn1)N(C)/C(=C/CC)CC. The Balaban J connectivity index is 2.89. The summed E-state index contributed by atoms with van der Waals surface area (Å²) in [5, 5.41) is 0. The van der Waals surface area contributed by atoms with Crippen molar-refractivity contribution in [1.29, 1.82) is 0 Å². The van der Waals surface area contributed by atoms with Crippen molar-refractivity contribution in [3.63, 3.8) is 0 Å². The summed E-state index contributed by atoms with van der Waals surface area (Å²) >= 11 is 3.32. The van der Waals surface area contributed by atoms with E-state index in [1.165, 1.54) is 5.70 Å². The quantitative estimate of drug-likeness (QED) is 0.826. The Kier molecular flexibility index (Phi) is 5.35. The van der Waals surface area contributed by atoms with Gasteiger partial charge in [0.25, 0.3) is 0 Å². The highest BCUT2D eigenvalue weighted by molar-refractivity contribution is 9.10. The lowest BCUT2D eigenvalue weighted by atomic mass is 10.2. The van der Waals surface area contributed by atoms with E-state index in [0.717, 1.165) is 23.0 Å². The molecule has 0 aliphatic heterocycles. The zero-order valence-corrected chi connectivity index (χ0v) is 12.2. The summed E-state index contributed by atoms with van der Waals surface area (Å²) in [6.07, 6.45) is 7.65. The highest BCUT2D eigenvalue weighted by Gasteiger charge is 2.10. The number of allylic oxidation sites excluding steroid dienone is 2. The van der Waals surface area contributed by atoms with Crippen molar-refractivity contribution in [2.75, 3.05) is 7.05 Å². The molecule has 0 radical (unpaired) electrons. The zero-order valence-electron chi connectivity index (χ0n) is 10.6. The Morgan fingerprint density at radius 2 is 2.00 bits per heavy atom. The number of aromatic nitrogens is 2. The summed E-state index contributed by atoms with van der Waals surface area (Å²) in [4.78, 5) is 10.5. The van der Waals surface area contributed by atoms with Gasteiger partial charge in [-0.05, 0) is 28.8 Å². The van der Waals surface area contributed by atoms with E-state index < -0.39 is 0 Å². The van der Waals surface area contributed by atoms with Gasteiger partial charge in [0, 0.05) is 25.1 Å². The van der Waals surface area contributed by atoms with Crippen LogP contribution < -0.4 is 0 Å². The third-order valence-corrected chi connectivity index (χ3v) is 2.93. The molecule has 0 atom stereocenters. The van der Waals surface area contributed by atoms with Crippen molar-refractivity contribution in [1.82, 2.24) is 14.9 Å². The Hall–Kier alpha value is -1.16. The molecule has 0 N–H and O–H groups in total. The topological polar surface area (TPSA) is 29.0 Å². The van der Waals surface area contributed by atoms with E-state index in [1.807, 2.05) is 11.9 Å². The first-order valence-corrected chi connectivity index (χ1v) is 6.49. The summed E-state index contributed by atoms with van der Waals surface area (Å²) in [5.74, 6) is 0.658. The molecule has 1 rings (SSSR count). The van der Waals surface area contributed by atoms with Crippen LogP contribution in [0.5, 0.6) is 0 Å². The van der Waals surface area contributed by atoms with Gasteiger partial charge in [-0.15, -0.1) is 0 Å². The summed E-state index contributed by atoms with van der Waals surface area (Å²) in [7, 11) is 2.00. The van der Waals surface area contributed by atoms with Gasteiger partial charge in [0.1, 0.15) is 0 Å². The number of rotatable bonds is 5. The van der Waals surface area contributed by atoms with Crippen LogP contribution in [0.4, 0.5) is 0 Å². The van der Waals surface area contributed by atoms with Gasteiger partial charge < -0.3 is 4.90 Å². The van der Waals surface area contributed by atoms with E-state index in [0.29, 0.717) is 5.82 Å². The molecule has 0 aliphatic rings. The minimum absolute atomic E-state index is 0.658. The molecule has 0 spiro atoms. The molecule has 0 unspecified atom stereocenters. The molecule has 0 aromatic carbocycles. The summed E-state index contributed by atoms with van der Waals surface area (Å²) in [6, 6.07) is 0. The standard InChI is InChI=1S/C13H18BrN3/c1-5-7-12(6-2)17(4)10(3)13-15-8-11(14)9-16-13/h7-9H,3,5-6H2,1-2,4H3/b12-7+. The predicted octanol–water partition coefficient (Wildman–Crippen LogP) is 3.85. The molecular formula is C13H18BrN3. The molecule has 0 saturated carbocycles. The third-order valence-electron chi connectivity index (χ3n) is 2.52. The molecule has 3 nitrogen and oxygen atoms in total. The molecule has 1 aromatic rings. The minimum atomic E-state index is 0.658. The van der Waals surface area contributed by atoms with Crippen molar-refractivity contribution in [2.45, 2.75) is 26.7 Å². The number of hydrogen-bond acceptors (Lipinski definition) is 3. The number of nitrogens with zero attached hydrogens (tertiary/aromatic N) is 3. The van der Waals surface area contributed by atoms with Gasteiger partial charge >= 0.3 is 0 Å². The monoisotopic (exact) mass is 295 g/mol. The fourth-order valence-corrected chi connectivity index (χ4v) is 1.74.